The molecule has 4 nitrogen and oxygen atoms in total. The van der Waals surface area contributed by atoms with E-state index in [0.717, 1.165) is 36.9 Å². The molecule has 1 aromatic heterocycles. The zero-order chi connectivity index (χ0) is 17.3. The predicted molar refractivity (Wildman–Crippen MR) is 93.5 cm³/mol. The van der Waals surface area contributed by atoms with E-state index in [9.17, 15) is 9.90 Å². The van der Waals surface area contributed by atoms with Crippen molar-refractivity contribution >= 4 is 5.97 Å². The van der Waals surface area contributed by atoms with Crippen LogP contribution >= 0.6 is 0 Å². The van der Waals surface area contributed by atoms with Crippen molar-refractivity contribution in [1.82, 2.24) is 9.97 Å². The average molecular weight is 324 g/mol. The number of hydrogen-bond donors (Lipinski definition) is 1. The van der Waals surface area contributed by atoms with Crippen molar-refractivity contribution in [2.75, 3.05) is 0 Å². The number of aromatic carboxylic acids is 1. The van der Waals surface area contributed by atoms with Crippen LogP contribution in [0.25, 0.3) is 0 Å². The van der Waals surface area contributed by atoms with Crippen LogP contribution in [0.5, 0.6) is 0 Å². The maximum absolute atomic E-state index is 11.4. The van der Waals surface area contributed by atoms with Gasteiger partial charge in [0.25, 0.3) is 0 Å². The van der Waals surface area contributed by atoms with Crippen molar-refractivity contribution in [1.29, 1.82) is 0 Å². The zero-order valence-electron chi connectivity index (χ0n) is 14.5. The lowest BCUT2D eigenvalue weighted by molar-refractivity contribution is 0.0688. The van der Waals surface area contributed by atoms with E-state index in [4.69, 9.17) is 0 Å². The topological polar surface area (TPSA) is 63.1 Å². The molecule has 0 radical (unpaired) electrons. The molecule has 1 aromatic carbocycles. The molecule has 1 heterocycles. The van der Waals surface area contributed by atoms with Gasteiger partial charge in [0, 0.05) is 11.3 Å². The van der Waals surface area contributed by atoms with Crippen molar-refractivity contribution in [2.24, 2.45) is 0 Å². The number of carbonyl (C=O) groups is 1. The van der Waals surface area contributed by atoms with E-state index in [1.54, 1.807) is 0 Å². The van der Waals surface area contributed by atoms with E-state index >= 15 is 0 Å². The molecule has 1 aliphatic rings. The third kappa shape index (κ3) is 3.64. The van der Waals surface area contributed by atoms with Gasteiger partial charge < -0.3 is 5.11 Å². The summed E-state index contributed by atoms with van der Waals surface area (Å²) in [6, 6.07) is 8.69. The monoisotopic (exact) mass is 324 g/mol. The van der Waals surface area contributed by atoms with Crippen molar-refractivity contribution in [2.45, 2.75) is 57.8 Å². The van der Waals surface area contributed by atoms with Gasteiger partial charge in [0.15, 0.2) is 5.69 Å². The number of nitrogens with zero attached hydrogens (tertiary/aromatic N) is 2. The van der Waals surface area contributed by atoms with Gasteiger partial charge in [0.1, 0.15) is 6.33 Å². The van der Waals surface area contributed by atoms with E-state index < -0.39 is 5.97 Å². The molecule has 1 fully saturated rings. The van der Waals surface area contributed by atoms with E-state index in [1.165, 1.54) is 17.5 Å². The van der Waals surface area contributed by atoms with Gasteiger partial charge in [0.2, 0.25) is 0 Å². The highest BCUT2D eigenvalue weighted by atomic mass is 16.4. The Morgan fingerprint density at radius 3 is 2.33 bits per heavy atom. The van der Waals surface area contributed by atoms with Crippen LogP contribution in [0.15, 0.2) is 30.6 Å². The summed E-state index contributed by atoms with van der Waals surface area (Å²) in [6.45, 7) is 6.62. The first kappa shape index (κ1) is 16.6. The first-order valence-corrected chi connectivity index (χ1v) is 8.52. The van der Waals surface area contributed by atoms with E-state index in [2.05, 4.69) is 55.0 Å². The Labute approximate surface area is 143 Å². The Kier molecular flexibility index (Phi) is 4.39. The molecule has 4 heteroatoms. The molecule has 0 bridgehead atoms. The molecule has 24 heavy (non-hydrogen) atoms. The minimum Gasteiger partial charge on any atom is -0.477 e. The third-order valence-corrected chi connectivity index (χ3v) is 4.63. The SMILES string of the molecule is CC(C)(C)c1ccc(CCc2ncnc(C(=O)O)c2C2CC2)cc1. The van der Waals surface area contributed by atoms with Crippen molar-refractivity contribution in [3.05, 3.63) is 58.7 Å². The average Bonchev–Trinajstić information content (AvgIpc) is 3.36. The van der Waals surface area contributed by atoms with Crippen molar-refractivity contribution < 1.29 is 9.90 Å². The van der Waals surface area contributed by atoms with Crippen LogP contribution in [0, 0.1) is 0 Å². The Bertz CT molecular complexity index is 741. The minimum absolute atomic E-state index is 0.153. The number of aryl methyl sites for hydroxylation is 2. The second-order valence-corrected chi connectivity index (χ2v) is 7.61. The van der Waals surface area contributed by atoms with Gasteiger partial charge in [-0.3, -0.25) is 0 Å². The molecule has 0 unspecified atom stereocenters. The second-order valence-electron chi connectivity index (χ2n) is 7.61. The Hall–Kier alpha value is -2.23. The van der Waals surface area contributed by atoms with Crippen molar-refractivity contribution in [3.63, 3.8) is 0 Å². The van der Waals surface area contributed by atoms with Crippen LogP contribution in [0.2, 0.25) is 0 Å². The minimum atomic E-state index is -0.949. The number of benzene rings is 1. The van der Waals surface area contributed by atoms with Crippen LogP contribution < -0.4 is 0 Å². The van der Waals surface area contributed by atoms with E-state index in [-0.39, 0.29) is 11.1 Å². The predicted octanol–water partition coefficient (Wildman–Crippen LogP) is 4.13. The molecule has 2 aromatic rings. The van der Waals surface area contributed by atoms with Gasteiger partial charge >= 0.3 is 5.97 Å². The summed E-state index contributed by atoms with van der Waals surface area (Å²) in [5.74, 6) is -0.620. The van der Waals surface area contributed by atoms with Gasteiger partial charge in [-0.25, -0.2) is 14.8 Å². The van der Waals surface area contributed by atoms with Crippen LogP contribution in [0.1, 0.15) is 72.4 Å². The third-order valence-electron chi connectivity index (χ3n) is 4.63. The number of rotatable bonds is 5. The lowest BCUT2D eigenvalue weighted by Gasteiger charge is -2.19. The summed E-state index contributed by atoms with van der Waals surface area (Å²) >= 11 is 0. The van der Waals surface area contributed by atoms with Gasteiger partial charge in [-0.1, -0.05) is 45.0 Å². The molecule has 126 valence electrons. The van der Waals surface area contributed by atoms with Crippen LogP contribution in [0.4, 0.5) is 0 Å². The van der Waals surface area contributed by atoms with Crippen LogP contribution in [-0.2, 0) is 18.3 Å². The molecule has 1 saturated carbocycles. The fourth-order valence-electron chi connectivity index (χ4n) is 3.04. The standard InChI is InChI=1S/C20H24N2O2/c1-20(2,3)15-9-4-13(5-10-15)6-11-16-17(14-7-8-14)18(19(23)24)22-12-21-16/h4-5,9-10,12,14H,6-8,11H2,1-3H3,(H,23,24). The number of carboxylic acid groups (broad SMARTS) is 1. The summed E-state index contributed by atoms with van der Waals surface area (Å²) in [6.07, 6.45) is 5.08. The zero-order valence-corrected chi connectivity index (χ0v) is 14.5. The quantitative estimate of drug-likeness (QED) is 0.898. The Morgan fingerprint density at radius 2 is 1.79 bits per heavy atom. The molecular formula is C20H24N2O2. The lowest BCUT2D eigenvalue weighted by Crippen LogP contribution is -2.11. The van der Waals surface area contributed by atoms with Crippen LogP contribution in [-0.4, -0.2) is 21.0 Å². The summed E-state index contributed by atoms with van der Waals surface area (Å²) in [5, 5.41) is 9.37. The molecule has 0 atom stereocenters. The van der Waals surface area contributed by atoms with Gasteiger partial charge in [0.05, 0.1) is 0 Å². The maximum Gasteiger partial charge on any atom is 0.354 e. The second kappa shape index (κ2) is 6.34. The molecule has 0 amide bonds. The molecule has 1 N–H and O–H groups in total. The fraction of sp³-hybridized carbons (Fsp3) is 0.450. The molecule has 0 aliphatic heterocycles. The summed E-state index contributed by atoms with van der Waals surface area (Å²) in [7, 11) is 0. The highest BCUT2D eigenvalue weighted by Gasteiger charge is 2.32. The van der Waals surface area contributed by atoms with Gasteiger partial charge in [-0.2, -0.15) is 0 Å². The smallest absolute Gasteiger partial charge is 0.354 e. The molecule has 1 aliphatic carbocycles. The number of carboxylic acids is 1. The van der Waals surface area contributed by atoms with Crippen LogP contribution in [0.3, 0.4) is 0 Å². The molecule has 3 rings (SSSR count). The largest absolute Gasteiger partial charge is 0.477 e. The van der Waals surface area contributed by atoms with E-state index in [1.807, 2.05) is 0 Å². The number of aromatic nitrogens is 2. The highest BCUT2D eigenvalue weighted by Crippen LogP contribution is 2.42. The number of hydrogen-bond acceptors (Lipinski definition) is 3. The lowest BCUT2D eigenvalue weighted by atomic mass is 9.86. The van der Waals surface area contributed by atoms with E-state index in [0.29, 0.717) is 5.92 Å². The maximum atomic E-state index is 11.4. The first-order valence-electron chi connectivity index (χ1n) is 8.52. The fourth-order valence-corrected chi connectivity index (χ4v) is 3.04. The first-order chi connectivity index (χ1) is 11.4. The highest BCUT2D eigenvalue weighted by molar-refractivity contribution is 5.87. The normalized spacial score (nSPS) is 14.6. The summed E-state index contributed by atoms with van der Waals surface area (Å²) in [5.41, 5.74) is 4.66. The van der Waals surface area contributed by atoms with Gasteiger partial charge in [-0.05, 0) is 48.1 Å². The summed E-state index contributed by atoms with van der Waals surface area (Å²) in [4.78, 5) is 19.8. The molecule has 0 spiro atoms. The Balaban J connectivity index is 1.77. The molecular weight excluding hydrogens is 300 g/mol. The summed E-state index contributed by atoms with van der Waals surface area (Å²) < 4.78 is 0. The Morgan fingerprint density at radius 1 is 1.12 bits per heavy atom. The van der Waals surface area contributed by atoms with Gasteiger partial charge in [-0.15, -0.1) is 0 Å². The van der Waals surface area contributed by atoms with Crippen molar-refractivity contribution in [3.8, 4) is 0 Å². The molecule has 0 saturated heterocycles.